The minimum absolute atomic E-state index is 0.158. The first-order valence-corrected chi connectivity index (χ1v) is 4.52. The van der Waals surface area contributed by atoms with E-state index in [2.05, 4.69) is 11.8 Å². The largest absolute Gasteiger partial charge is 0.384 e. The zero-order chi connectivity index (χ0) is 9.03. The van der Waals surface area contributed by atoms with E-state index in [1.807, 2.05) is 6.92 Å². The molecular weight excluding hydrogens is 152 g/mol. The van der Waals surface area contributed by atoms with E-state index in [0.717, 1.165) is 19.3 Å². The molecule has 0 radical (unpaired) electrons. The highest BCUT2D eigenvalue weighted by Crippen LogP contribution is 2.32. The van der Waals surface area contributed by atoms with Crippen LogP contribution in [-0.4, -0.2) is 22.4 Å². The molecule has 0 aromatic heterocycles. The standard InChI is InChI=1S/C10H16O2/c1-9-5-2-3-6-10(9,12)7-4-8-11/h9,11-12H,2-3,5-6,8H2,1H3. The van der Waals surface area contributed by atoms with Crippen LogP contribution >= 0.6 is 0 Å². The fourth-order valence-corrected chi connectivity index (χ4v) is 1.71. The van der Waals surface area contributed by atoms with Gasteiger partial charge in [0.05, 0.1) is 0 Å². The predicted molar refractivity (Wildman–Crippen MR) is 47.4 cm³/mol. The molecule has 0 bridgehead atoms. The van der Waals surface area contributed by atoms with Crippen LogP contribution in [0.4, 0.5) is 0 Å². The van der Waals surface area contributed by atoms with E-state index >= 15 is 0 Å². The van der Waals surface area contributed by atoms with Crippen LogP contribution in [0.1, 0.15) is 32.6 Å². The zero-order valence-corrected chi connectivity index (χ0v) is 7.51. The lowest BCUT2D eigenvalue weighted by Crippen LogP contribution is -2.37. The van der Waals surface area contributed by atoms with E-state index in [9.17, 15) is 5.11 Å². The molecule has 2 heteroatoms. The molecule has 2 atom stereocenters. The van der Waals surface area contributed by atoms with Crippen molar-refractivity contribution in [1.29, 1.82) is 0 Å². The van der Waals surface area contributed by atoms with Crippen LogP contribution in [0.15, 0.2) is 0 Å². The molecule has 68 valence electrons. The summed E-state index contributed by atoms with van der Waals surface area (Å²) >= 11 is 0. The summed E-state index contributed by atoms with van der Waals surface area (Å²) in [6.07, 6.45) is 4.02. The van der Waals surface area contributed by atoms with Crippen molar-refractivity contribution in [2.24, 2.45) is 5.92 Å². The Morgan fingerprint density at radius 2 is 2.25 bits per heavy atom. The van der Waals surface area contributed by atoms with E-state index in [-0.39, 0.29) is 12.5 Å². The Kier molecular flexibility index (Phi) is 3.13. The first-order chi connectivity index (χ1) is 5.69. The Labute approximate surface area is 73.6 Å². The number of aliphatic hydroxyl groups is 2. The topological polar surface area (TPSA) is 40.5 Å². The van der Waals surface area contributed by atoms with Crippen molar-refractivity contribution in [3.05, 3.63) is 0 Å². The average Bonchev–Trinajstić information content (AvgIpc) is 2.07. The van der Waals surface area contributed by atoms with Gasteiger partial charge < -0.3 is 10.2 Å². The van der Waals surface area contributed by atoms with Gasteiger partial charge >= 0.3 is 0 Å². The van der Waals surface area contributed by atoms with Gasteiger partial charge in [-0.1, -0.05) is 25.2 Å². The first kappa shape index (κ1) is 9.57. The molecule has 1 aliphatic rings. The fourth-order valence-electron chi connectivity index (χ4n) is 1.71. The maximum atomic E-state index is 9.99. The molecule has 0 amide bonds. The molecule has 0 aromatic rings. The Balaban J connectivity index is 2.65. The lowest BCUT2D eigenvalue weighted by molar-refractivity contribution is 0.0124. The summed E-state index contributed by atoms with van der Waals surface area (Å²) in [4.78, 5) is 0. The van der Waals surface area contributed by atoms with Gasteiger partial charge in [0.1, 0.15) is 12.2 Å². The smallest absolute Gasteiger partial charge is 0.128 e. The van der Waals surface area contributed by atoms with Crippen LogP contribution in [0.2, 0.25) is 0 Å². The van der Waals surface area contributed by atoms with Crippen LogP contribution in [-0.2, 0) is 0 Å². The van der Waals surface area contributed by atoms with Crippen LogP contribution in [0, 0.1) is 17.8 Å². The van der Waals surface area contributed by atoms with Crippen LogP contribution in [0.3, 0.4) is 0 Å². The summed E-state index contributed by atoms with van der Waals surface area (Å²) in [6, 6.07) is 0. The third kappa shape index (κ3) is 2.00. The maximum Gasteiger partial charge on any atom is 0.128 e. The van der Waals surface area contributed by atoms with Crippen molar-refractivity contribution in [2.75, 3.05) is 6.61 Å². The van der Waals surface area contributed by atoms with Gasteiger partial charge in [-0.15, -0.1) is 0 Å². The Morgan fingerprint density at radius 3 is 2.83 bits per heavy atom. The van der Waals surface area contributed by atoms with Crippen molar-refractivity contribution < 1.29 is 10.2 Å². The van der Waals surface area contributed by atoms with Crippen molar-refractivity contribution >= 4 is 0 Å². The highest BCUT2D eigenvalue weighted by molar-refractivity contribution is 5.16. The normalized spacial score (nSPS) is 35.4. The van der Waals surface area contributed by atoms with Crippen molar-refractivity contribution in [3.8, 4) is 11.8 Å². The Hall–Kier alpha value is -0.520. The van der Waals surface area contributed by atoms with Gasteiger partial charge in [-0.25, -0.2) is 0 Å². The second-order valence-electron chi connectivity index (χ2n) is 3.53. The summed E-state index contributed by atoms with van der Waals surface area (Å²) in [5, 5.41) is 18.5. The summed E-state index contributed by atoms with van der Waals surface area (Å²) in [5.74, 6) is 5.54. The second-order valence-corrected chi connectivity index (χ2v) is 3.53. The van der Waals surface area contributed by atoms with E-state index in [1.54, 1.807) is 0 Å². The third-order valence-electron chi connectivity index (χ3n) is 2.64. The molecule has 1 rings (SSSR count). The molecule has 0 spiro atoms. The van der Waals surface area contributed by atoms with E-state index < -0.39 is 5.60 Å². The highest BCUT2D eigenvalue weighted by Gasteiger charge is 2.33. The first-order valence-electron chi connectivity index (χ1n) is 4.52. The van der Waals surface area contributed by atoms with Gasteiger partial charge in [0.2, 0.25) is 0 Å². The van der Waals surface area contributed by atoms with Gasteiger partial charge in [-0.3, -0.25) is 0 Å². The summed E-state index contributed by atoms with van der Waals surface area (Å²) < 4.78 is 0. The molecule has 2 N–H and O–H groups in total. The molecule has 2 unspecified atom stereocenters. The fraction of sp³-hybridized carbons (Fsp3) is 0.800. The predicted octanol–water partition coefficient (Wildman–Crippen LogP) is 0.923. The van der Waals surface area contributed by atoms with Crippen molar-refractivity contribution in [1.82, 2.24) is 0 Å². The van der Waals surface area contributed by atoms with Gasteiger partial charge in [-0.2, -0.15) is 0 Å². The number of hydrogen-bond acceptors (Lipinski definition) is 2. The molecule has 1 saturated carbocycles. The Bertz CT molecular complexity index is 202. The quantitative estimate of drug-likeness (QED) is 0.528. The van der Waals surface area contributed by atoms with Crippen LogP contribution in [0.25, 0.3) is 0 Å². The van der Waals surface area contributed by atoms with Crippen molar-refractivity contribution in [3.63, 3.8) is 0 Å². The second kappa shape index (κ2) is 3.93. The lowest BCUT2D eigenvalue weighted by Gasteiger charge is -2.33. The zero-order valence-electron chi connectivity index (χ0n) is 7.51. The molecular formula is C10H16O2. The molecule has 2 nitrogen and oxygen atoms in total. The number of hydrogen-bond donors (Lipinski definition) is 2. The molecule has 0 heterocycles. The maximum absolute atomic E-state index is 9.99. The van der Waals surface area contributed by atoms with Crippen LogP contribution in [0.5, 0.6) is 0 Å². The molecule has 1 aliphatic carbocycles. The van der Waals surface area contributed by atoms with Gasteiger partial charge in [0.25, 0.3) is 0 Å². The third-order valence-corrected chi connectivity index (χ3v) is 2.64. The van der Waals surface area contributed by atoms with E-state index in [1.165, 1.54) is 6.42 Å². The molecule has 12 heavy (non-hydrogen) atoms. The molecule has 0 saturated heterocycles. The molecule has 0 aliphatic heterocycles. The van der Waals surface area contributed by atoms with E-state index in [0.29, 0.717) is 0 Å². The van der Waals surface area contributed by atoms with Crippen molar-refractivity contribution in [2.45, 2.75) is 38.2 Å². The summed E-state index contributed by atoms with van der Waals surface area (Å²) in [5.41, 5.74) is -0.832. The van der Waals surface area contributed by atoms with Crippen LogP contribution < -0.4 is 0 Å². The number of aliphatic hydroxyl groups excluding tert-OH is 1. The average molecular weight is 168 g/mol. The monoisotopic (exact) mass is 168 g/mol. The van der Waals surface area contributed by atoms with Gasteiger partial charge in [-0.05, 0) is 25.2 Å². The lowest BCUT2D eigenvalue weighted by atomic mass is 9.77. The van der Waals surface area contributed by atoms with Gasteiger partial charge in [0.15, 0.2) is 0 Å². The molecule has 0 aromatic carbocycles. The van der Waals surface area contributed by atoms with E-state index in [4.69, 9.17) is 5.11 Å². The minimum Gasteiger partial charge on any atom is -0.384 e. The summed E-state index contributed by atoms with van der Waals surface area (Å²) in [6.45, 7) is 1.86. The SMILES string of the molecule is CC1CCCCC1(O)C#CCO. The minimum atomic E-state index is -0.832. The Morgan fingerprint density at radius 1 is 1.50 bits per heavy atom. The molecule has 1 fully saturated rings. The number of rotatable bonds is 0. The van der Waals surface area contributed by atoms with Gasteiger partial charge in [0, 0.05) is 0 Å². The summed E-state index contributed by atoms with van der Waals surface area (Å²) in [7, 11) is 0. The highest BCUT2D eigenvalue weighted by atomic mass is 16.3.